The van der Waals surface area contributed by atoms with Crippen molar-refractivity contribution >= 4 is 27.8 Å². The van der Waals surface area contributed by atoms with Crippen molar-refractivity contribution in [3.05, 3.63) is 62.8 Å². The molecule has 0 radical (unpaired) electrons. The van der Waals surface area contributed by atoms with Gasteiger partial charge in [0.25, 0.3) is 0 Å². The van der Waals surface area contributed by atoms with Crippen molar-refractivity contribution in [1.29, 1.82) is 0 Å². The number of ketones is 1. The summed E-state index contributed by atoms with van der Waals surface area (Å²) in [7, 11) is 0. The summed E-state index contributed by atoms with van der Waals surface area (Å²) in [6, 6.07) is 9.39. The van der Waals surface area contributed by atoms with E-state index >= 15 is 0 Å². The van der Waals surface area contributed by atoms with E-state index in [4.69, 9.17) is 4.74 Å². The number of hydrogen-bond acceptors (Lipinski definition) is 4. The van der Waals surface area contributed by atoms with E-state index in [1.165, 1.54) is 19.3 Å². The minimum atomic E-state index is -0.120. The van der Waals surface area contributed by atoms with E-state index in [1.54, 1.807) is 12.1 Å². The molecule has 4 nitrogen and oxygen atoms in total. The zero-order chi connectivity index (χ0) is 19.0. The van der Waals surface area contributed by atoms with Gasteiger partial charge in [0.15, 0.2) is 5.76 Å². The minimum Gasteiger partial charge on any atom is -0.507 e. The van der Waals surface area contributed by atoms with Crippen LogP contribution in [0.25, 0.3) is 6.08 Å². The molecule has 1 saturated heterocycles. The van der Waals surface area contributed by atoms with E-state index in [0.29, 0.717) is 29.2 Å². The first-order valence-electron chi connectivity index (χ1n) is 9.30. The largest absolute Gasteiger partial charge is 0.507 e. The number of piperidine rings is 1. The smallest absolute Gasteiger partial charge is 0.232 e. The van der Waals surface area contributed by atoms with Crippen molar-refractivity contribution in [2.24, 2.45) is 0 Å². The number of rotatable bonds is 3. The number of allylic oxidation sites excluding steroid dienone is 1. The molecule has 0 spiro atoms. The molecule has 2 aliphatic heterocycles. The van der Waals surface area contributed by atoms with Crippen LogP contribution in [0.15, 0.2) is 40.6 Å². The number of aromatic hydroxyl groups is 1. The second kappa shape index (κ2) is 7.49. The highest BCUT2D eigenvalue weighted by Crippen LogP contribution is 2.42. The van der Waals surface area contributed by atoms with Crippen LogP contribution in [0, 0.1) is 6.92 Å². The third kappa shape index (κ3) is 3.66. The molecule has 4 rings (SSSR count). The number of aryl methyl sites for hydroxylation is 1. The zero-order valence-electron chi connectivity index (χ0n) is 15.3. The van der Waals surface area contributed by atoms with E-state index < -0.39 is 0 Å². The predicted octanol–water partition coefficient (Wildman–Crippen LogP) is 5.07. The van der Waals surface area contributed by atoms with Gasteiger partial charge in [0, 0.05) is 11.0 Å². The highest BCUT2D eigenvalue weighted by atomic mass is 79.9. The molecule has 2 aromatic rings. The van der Waals surface area contributed by atoms with E-state index in [9.17, 15) is 9.90 Å². The lowest BCUT2D eigenvalue weighted by Crippen LogP contribution is -2.29. The number of carbonyl (C=O) groups excluding carboxylic acids is 1. The molecule has 0 saturated carbocycles. The summed E-state index contributed by atoms with van der Waals surface area (Å²) < 4.78 is 6.98. The summed E-state index contributed by atoms with van der Waals surface area (Å²) in [5, 5.41) is 10.5. The Bertz CT molecular complexity index is 912. The van der Waals surface area contributed by atoms with Crippen molar-refractivity contribution in [1.82, 2.24) is 4.90 Å². The maximum absolute atomic E-state index is 12.9. The first kappa shape index (κ1) is 18.3. The Hall–Kier alpha value is -2.11. The number of benzene rings is 2. The van der Waals surface area contributed by atoms with E-state index in [0.717, 1.165) is 28.7 Å². The molecule has 5 heteroatoms. The maximum atomic E-state index is 12.9. The summed E-state index contributed by atoms with van der Waals surface area (Å²) in [6.45, 7) is 4.47. The van der Waals surface area contributed by atoms with Crippen LogP contribution in [-0.4, -0.2) is 28.9 Å². The molecular formula is C22H22BrNO3. The third-order valence-electron chi connectivity index (χ3n) is 5.22. The molecule has 0 atom stereocenters. The molecular weight excluding hydrogens is 406 g/mol. The molecule has 0 unspecified atom stereocenters. The molecule has 2 heterocycles. The van der Waals surface area contributed by atoms with Crippen molar-refractivity contribution < 1.29 is 14.6 Å². The van der Waals surface area contributed by atoms with Crippen LogP contribution < -0.4 is 4.74 Å². The average Bonchev–Trinajstić information content (AvgIpc) is 2.98. The number of fused-ring (bicyclic) bond motifs is 1. The average molecular weight is 428 g/mol. The summed E-state index contributed by atoms with van der Waals surface area (Å²) >= 11 is 3.42. The predicted molar refractivity (Wildman–Crippen MR) is 109 cm³/mol. The number of phenolic OH excluding ortho intramolecular Hbond substituents is 1. The lowest BCUT2D eigenvalue weighted by Gasteiger charge is -2.27. The van der Waals surface area contributed by atoms with Gasteiger partial charge in [-0.1, -0.05) is 34.5 Å². The molecule has 0 bridgehead atoms. The molecule has 0 aliphatic carbocycles. The van der Waals surface area contributed by atoms with Crippen LogP contribution >= 0.6 is 15.9 Å². The van der Waals surface area contributed by atoms with Crippen molar-refractivity contribution in [3.63, 3.8) is 0 Å². The van der Waals surface area contributed by atoms with Gasteiger partial charge in [-0.05, 0) is 68.3 Å². The van der Waals surface area contributed by atoms with Crippen molar-refractivity contribution in [2.75, 3.05) is 13.1 Å². The number of halogens is 1. The van der Waals surface area contributed by atoms with Crippen molar-refractivity contribution in [2.45, 2.75) is 32.7 Å². The van der Waals surface area contributed by atoms with Crippen molar-refractivity contribution in [3.8, 4) is 11.5 Å². The second-order valence-corrected chi connectivity index (χ2v) is 8.14. The van der Waals surface area contributed by atoms with Gasteiger partial charge in [-0.15, -0.1) is 0 Å². The highest BCUT2D eigenvalue weighted by Gasteiger charge is 2.33. The first-order valence-corrected chi connectivity index (χ1v) is 10.1. The topological polar surface area (TPSA) is 49.8 Å². The van der Waals surface area contributed by atoms with Crippen LogP contribution in [0.4, 0.5) is 0 Å². The van der Waals surface area contributed by atoms with Gasteiger partial charge in [-0.3, -0.25) is 9.69 Å². The normalized spacial score (nSPS) is 18.6. The summed E-state index contributed by atoms with van der Waals surface area (Å²) in [6.07, 6.45) is 5.35. The van der Waals surface area contributed by atoms with Gasteiger partial charge in [-0.25, -0.2) is 0 Å². The fourth-order valence-corrected chi connectivity index (χ4v) is 4.05. The molecule has 2 aliphatic rings. The van der Waals surface area contributed by atoms with Crippen LogP contribution in [0.1, 0.15) is 46.3 Å². The van der Waals surface area contributed by atoms with E-state index in [1.807, 2.05) is 31.2 Å². The summed E-state index contributed by atoms with van der Waals surface area (Å²) in [4.78, 5) is 15.3. The summed E-state index contributed by atoms with van der Waals surface area (Å²) in [5.74, 6) is 0.909. The number of carbonyl (C=O) groups is 1. The van der Waals surface area contributed by atoms with Crippen LogP contribution in [0.2, 0.25) is 0 Å². The SMILES string of the molecule is Cc1cc(O)c(CN2CCCCC2)c2c1C(=O)/C(=C/c1ccc(Br)cc1)O2. The van der Waals surface area contributed by atoms with Crippen LogP contribution in [0.3, 0.4) is 0 Å². The number of Topliss-reactive ketones (excluding diaryl/α,β-unsaturated/α-hetero) is 1. The molecule has 27 heavy (non-hydrogen) atoms. The number of hydrogen-bond donors (Lipinski definition) is 1. The lowest BCUT2D eigenvalue weighted by molar-refractivity contribution is 0.101. The van der Waals surface area contributed by atoms with Gasteiger partial charge >= 0.3 is 0 Å². The molecule has 1 N–H and O–H groups in total. The Labute approximate surface area is 167 Å². The molecule has 1 fully saturated rings. The fourth-order valence-electron chi connectivity index (χ4n) is 3.78. The van der Waals surface area contributed by atoms with Gasteiger partial charge < -0.3 is 9.84 Å². The van der Waals surface area contributed by atoms with Crippen LogP contribution in [-0.2, 0) is 6.54 Å². The number of ether oxygens (including phenoxy) is 1. The van der Waals surface area contributed by atoms with Gasteiger partial charge in [0.05, 0.1) is 11.1 Å². The standard InChI is InChI=1S/C22H22BrNO3/c1-14-11-18(25)17(13-24-9-3-2-4-10-24)22-20(14)21(26)19(27-22)12-15-5-7-16(23)8-6-15/h5-8,11-12,25H,2-4,9-10,13H2,1H3/b19-12-. The molecule has 140 valence electrons. The van der Waals surface area contributed by atoms with Gasteiger partial charge in [-0.2, -0.15) is 0 Å². The van der Waals surface area contributed by atoms with E-state index in [2.05, 4.69) is 20.8 Å². The van der Waals surface area contributed by atoms with Gasteiger partial charge in [0.1, 0.15) is 11.5 Å². The Morgan fingerprint density at radius 2 is 1.89 bits per heavy atom. The second-order valence-electron chi connectivity index (χ2n) is 7.22. The third-order valence-corrected chi connectivity index (χ3v) is 5.75. The lowest BCUT2D eigenvalue weighted by atomic mass is 9.98. The maximum Gasteiger partial charge on any atom is 0.232 e. The Balaban J connectivity index is 1.69. The molecule has 2 aromatic carbocycles. The first-order chi connectivity index (χ1) is 13.0. The van der Waals surface area contributed by atoms with Gasteiger partial charge in [0.2, 0.25) is 5.78 Å². The van der Waals surface area contributed by atoms with E-state index in [-0.39, 0.29) is 11.5 Å². The quantitative estimate of drug-likeness (QED) is 0.694. The minimum absolute atomic E-state index is 0.120. The number of phenols is 1. The highest BCUT2D eigenvalue weighted by molar-refractivity contribution is 9.10. The number of likely N-dealkylation sites (tertiary alicyclic amines) is 1. The Morgan fingerprint density at radius 3 is 2.59 bits per heavy atom. The monoisotopic (exact) mass is 427 g/mol. The zero-order valence-corrected chi connectivity index (χ0v) is 16.9. The van der Waals surface area contributed by atoms with Crippen LogP contribution in [0.5, 0.6) is 11.5 Å². The Morgan fingerprint density at radius 1 is 1.19 bits per heavy atom. The summed E-state index contributed by atoms with van der Waals surface area (Å²) in [5.41, 5.74) is 2.93. The Kier molecular flexibility index (Phi) is 5.06. The fraction of sp³-hybridized carbons (Fsp3) is 0.318. The number of nitrogens with zero attached hydrogens (tertiary/aromatic N) is 1. The molecule has 0 aromatic heterocycles. The molecule has 0 amide bonds.